The van der Waals surface area contributed by atoms with E-state index in [2.05, 4.69) is 10.4 Å². The van der Waals surface area contributed by atoms with E-state index in [4.69, 9.17) is 21.1 Å². The highest BCUT2D eigenvalue weighted by Gasteiger charge is 2.46. The maximum absolute atomic E-state index is 13.4. The van der Waals surface area contributed by atoms with Crippen molar-refractivity contribution in [2.45, 2.75) is 24.7 Å². The van der Waals surface area contributed by atoms with Gasteiger partial charge in [-0.05, 0) is 17.7 Å². The molecule has 1 aromatic carbocycles. The van der Waals surface area contributed by atoms with Crippen LogP contribution in [0, 0.1) is 0 Å². The van der Waals surface area contributed by atoms with Crippen LogP contribution in [0.5, 0.6) is 11.5 Å². The summed E-state index contributed by atoms with van der Waals surface area (Å²) in [4.78, 5) is 0. The number of nitrogens with one attached hydrogen (secondary N) is 1. The molecule has 0 radical (unpaired) electrons. The number of nitrogens with zero attached hydrogens (tertiary/aromatic N) is 2. The number of benzene rings is 1. The maximum atomic E-state index is 13.4. The van der Waals surface area contributed by atoms with Crippen molar-refractivity contribution in [3.8, 4) is 11.5 Å². The largest absolute Gasteiger partial charge is 0.493 e. The molecule has 0 unspecified atom stereocenters. The number of fused-ring (bicyclic) bond motifs is 1. The summed E-state index contributed by atoms with van der Waals surface area (Å²) in [6.45, 7) is 0. The number of aromatic nitrogens is 2. The van der Waals surface area contributed by atoms with E-state index in [-0.39, 0.29) is 17.4 Å². The Hall–Kier alpha value is -2.09. The van der Waals surface area contributed by atoms with Crippen LogP contribution in [-0.4, -0.2) is 30.2 Å². The van der Waals surface area contributed by atoms with E-state index in [9.17, 15) is 13.2 Å². The Bertz CT molecular complexity index is 748. The highest BCUT2D eigenvalue weighted by molar-refractivity contribution is 6.29. The van der Waals surface area contributed by atoms with Crippen molar-refractivity contribution in [2.24, 2.45) is 0 Å². The monoisotopic (exact) mass is 361 g/mol. The predicted octanol–water partition coefficient (Wildman–Crippen LogP) is 4.21. The second-order valence-corrected chi connectivity index (χ2v) is 5.79. The van der Waals surface area contributed by atoms with Gasteiger partial charge in [0.15, 0.2) is 22.7 Å². The molecule has 1 aliphatic heterocycles. The lowest BCUT2D eigenvalue weighted by Crippen LogP contribution is -2.35. The summed E-state index contributed by atoms with van der Waals surface area (Å²) < 4.78 is 51.5. The zero-order chi connectivity index (χ0) is 17.5. The van der Waals surface area contributed by atoms with Crippen molar-refractivity contribution >= 4 is 17.4 Å². The van der Waals surface area contributed by atoms with Gasteiger partial charge >= 0.3 is 6.18 Å². The molecule has 1 aromatic heterocycles. The summed E-state index contributed by atoms with van der Waals surface area (Å²) in [5, 5.41) is 6.80. The Morgan fingerprint density at radius 2 is 1.92 bits per heavy atom. The van der Waals surface area contributed by atoms with Gasteiger partial charge in [0.2, 0.25) is 0 Å². The Labute approximate surface area is 141 Å². The zero-order valence-corrected chi connectivity index (χ0v) is 13.6. The molecule has 0 fully saturated rings. The minimum Gasteiger partial charge on any atom is -0.493 e. The van der Waals surface area contributed by atoms with Gasteiger partial charge in [0.05, 0.1) is 20.3 Å². The lowest BCUT2D eigenvalue weighted by molar-refractivity contribution is -0.173. The van der Waals surface area contributed by atoms with Crippen LogP contribution >= 0.6 is 11.6 Å². The highest BCUT2D eigenvalue weighted by atomic mass is 35.5. The molecule has 1 N–H and O–H groups in total. The van der Waals surface area contributed by atoms with E-state index in [1.807, 2.05) is 0 Å². The molecule has 1 aliphatic rings. The van der Waals surface area contributed by atoms with E-state index in [1.165, 1.54) is 20.3 Å². The normalized spacial score (nSPS) is 20.2. The Morgan fingerprint density at radius 1 is 1.21 bits per heavy atom. The number of methoxy groups -OCH3 is 2. The SMILES string of the molecule is COc1ccc([C@@H]2C[C@H](C(F)(F)F)n3nc(Cl)cc3N2)cc1OC. The molecule has 0 bridgehead atoms. The van der Waals surface area contributed by atoms with E-state index >= 15 is 0 Å². The molecule has 9 heteroatoms. The molecule has 2 aromatic rings. The van der Waals surface area contributed by atoms with Crippen LogP contribution in [0.25, 0.3) is 0 Å². The summed E-state index contributed by atoms with van der Waals surface area (Å²) in [5.41, 5.74) is 0.658. The number of halogens is 4. The first-order chi connectivity index (χ1) is 11.3. The van der Waals surface area contributed by atoms with Crippen LogP contribution in [0.1, 0.15) is 24.1 Å². The molecule has 5 nitrogen and oxygen atoms in total. The number of alkyl halides is 3. The van der Waals surface area contributed by atoms with Crippen LogP contribution in [0.3, 0.4) is 0 Å². The molecule has 130 valence electrons. The molecule has 2 heterocycles. The summed E-state index contributed by atoms with van der Waals surface area (Å²) in [6.07, 6.45) is -4.63. The molecule has 2 atom stereocenters. The van der Waals surface area contributed by atoms with Gasteiger partial charge < -0.3 is 14.8 Å². The smallest absolute Gasteiger partial charge is 0.410 e. The average Bonchev–Trinajstić information content (AvgIpc) is 2.92. The van der Waals surface area contributed by atoms with Crippen molar-refractivity contribution in [3.05, 3.63) is 35.0 Å². The second kappa shape index (κ2) is 6.08. The number of hydrogen-bond donors (Lipinski definition) is 1. The molecular formula is C15H15ClF3N3O2. The van der Waals surface area contributed by atoms with Crippen LogP contribution in [0.4, 0.5) is 19.0 Å². The van der Waals surface area contributed by atoms with E-state index in [1.54, 1.807) is 18.2 Å². The van der Waals surface area contributed by atoms with Crippen LogP contribution in [0.2, 0.25) is 5.15 Å². The van der Waals surface area contributed by atoms with Gasteiger partial charge in [0.1, 0.15) is 5.82 Å². The zero-order valence-electron chi connectivity index (χ0n) is 12.9. The first kappa shape index (κ1) is 16.8. The summed E-state index contributed by atoms with van der Waals surface area (Å²) >= 11 is 5.77. The van der Waals surface area contributed by atoms with Gasteiger partial charge in [-0.2, -0.15) is 18.3 Å². The molecule has 0 spiro atoms. The molecule has 0 saturated heterocycles. The Balaban J connectivity index is 1.99. The van der Waals surface area contributed by atoms with E-state index < -0.39 is 18.3 Å². The van der Waals surface area contributed by atoms with Gasteiger partial charge in [-0.15, -0.1) is 0 Å². The van der Waals surface area contributed by atoms with Gasteiger partial charge in [0, 0.05) is 12.5 Å². The third-order valence-electron chi connectivity index (χ3n) is 3.97. The van der Waals surface area contributed by atoms with Gasteiger partial charge in [-0.1, -0.05) is 17.7 Å². The number of ether oxygens (including phenoxy) is 2. The maximum Gasteiger partial charge on any atom is 0.410 e. The van der Waals surface area contributed by atoms with Crippen LogP contribution < -0.4 is 14.8 Å². The number of rotatable bonds is 3. The van der Waals surface area contributed by atoms with Crippen molar-refractivity contribution in [1.29, 1.82) is 0 Å². The molecule has 0 aliphatic carbocycles. The molecule has 0 saturated carbocycles. The average molecular weight is 362 g/mol. The fourth-order valence-corrected chi connectivity index (χ4v) is 3.02. The molecular weight excluding hydrogens is 347 g/mol. The topological polar surface area (TPSA) is 48.3 Å². The predicted molar refractivity (Wildman–Crippen MR) is 82.9 cm³/mol. The highest BCUT2D eigenvalue weighted by Crippen LogP contribution is 2.45. The molecule has 0 amide bonds. The summed E-state index contributed by atoms with van der Waals surface area (Å²) in [6, 6.07) is 4.11. The fourth-order valence-electron chi connectivity index (χ4n) is 2.83. The lowest BCUT2D eigenvalue weighted by Gasteiger charge is -2.33. The van der Waals surface area contributed by atoms with Crippen molar-refractivity contribution in [1.82, 2.24) is 9.78 Å². The minimum atomic E-state index is -4.43. The van der Waals surface area contributed by atoms with Gasteiger partial charge in [-0.25, -0.2) is 4.68 Å². The fraction of sp³-hybridized carbons (Fsp3) is 0.400. The minimum absolute atomic E-state index is 0.0136. The van der Waals surface area contributed by atoms with Crippen molar-refractivity contribution in [2.75, 3.05) is 19.5 Å². The number of anilines is 1. The van der Waals surface area contributed by atoms with Crippen LogP contribution in [0.15, 0.2) is 24.3 Å². The van der Waals surface area contributed by atoms with E-state index in [0.717, 1.165) is 4.68 Å². The molecule has 24 heavy (non-hydrogen) atoms. The third kappa shape index (κ3) is 2.98. The van der Waals surface area contributed by atoms with E-state index in [0.29, 0.717) is 17.1 Å². The van der Waals surface area contributed by atoms with Gasteiger partial charge in [0.25, 0.3) is 0 Å². The quantitative estimate of drug-likeness (QED) is 0.889. The third-order valence-corrected chi connectivity index (χ3v) is 4.15. The van der Waals surface area contributed by atoms with Crippen molar-refractivity contribution < 1.29 is 22.6 Å². The van der Waals surface area contributed by atoms with Crippen molar-refractivity contribution in [3.63, 3.8) is 0 Å². The Kier molecular flexibility index (Phi) is 4.25. The first-order valence-corrected chi connectivity index (χ1v) is 7.51. The Morgan fingerprint density at radius 3 is 2.54 bits per heavy atom. The van der Waals surface area contributed by atoms with Gasteiger partial charge in [-0.3, -0.25) is 0 Å². The lowest BCUT2D eigenvalue weighted by atomic mass is 9.96. The summed E-state index contributed by atoms with van der Waals surface area (Å²) in [5.74, 6) is 1.20. The second-order valence-electron chi connectivity index (χ2n) is 5.40. The summed E-state index contributed by atoms with van der Waals surface area (Å²) in [7, 11) is 2.97. The van der Waals surface area contributed by atoms with Crippen LogP contribution in [-0.2, 0) is 0 Å². The first-order valence-electron chi connectivity index (χ1n) is 7.13. The standard InChI is InChI=1S/C15H15ClF3N3O2/c1-23-10-4-3-8(5-11(10)24-2)9-6-12(15(17,18)19)22-14(20-9)7-13(16)21-22/h3-5,7,9,12,20H,6H2,1-2H3/t9-,12+/m0/s1. The number of hydrogen-bond acceptors (Lipinski definition) is 4. The molecule has 3 rings (SSSR count).